The summed E-state index contributed by atoms with van der Waals surface area (Å²) >= 11 is 4.98. The molecule has 0 saturated heterocycles. The summed E-state index contributed by atoms with van der Waals surface area (Å²) in [4.78, 5) is 4.49. The molecular weight excluding hydrogens is 242 g/mol. The van der Waals surface area contributed by atoms with Crippen LogP contribution in [0.3, 0.4) is 0 Å². The molecule has 1 heterocycles. The first kappa shape index (κ1) is 12.5. The molecule has 2 aromatic rings. The van der Waals surface area contributed by atoms with Gasteiger partial charge in [-0.3, -0.25) is 4.98 Å². The van der Waals surface area contributed by atoms with Crippen molar-refractivity contribution in [2.75, 3.05) is 5.32 Å². The molecule has 0 saturated carbocycles. The Morgan fingerprint density at radius 2 is 2.06 bits per heavy atom. The van der Waals surface area contributed by atoms with Crippen molar-refractivity contribution >= 4 is 22.9 Å². The van der Waals surface area contributed by atoms with Gasteiger partial charge in [-0.25, -0.2) is 0 Å². The van der Waals surface area contributed by atoms with Gasteiger partial charge < -0.3 is 11.1 Å². The van der Waals surface area contributed by atoms with Crippen LogP contribution in [-0.2, 0) is 6.54 Å². The molecule has 1 aromatic heterocycles. The maximum Gasteiger partial charge on any atom is 0.124 e. The van der Waals surface area contributed by atoms with Gasteiger partial charge in [-0.15, -0.1) is 0 Å². The third-order valence-corrected chi connectivity index (χ3v) is 2.97. The van der Waals surface area contributed by atoms with Gasteiger partial charge >= 0.3 is 0 Å². The third kappa shape index (κ3) is 2.84. The lowest BCUT2D eigenvalue weighted by molar-refractivity contribution is 1.11. The summed E-state index contributed by atoms with van der Waals surface area (Å²) in [5.74, 6) is 0. The number of benzene rings is 1. The van der Waals surface area contributed by atoms with Gasteiger partial charge in [0.25, 0.3) is 0 Å². The average Bonchev–Trinajstić information content (AvgIpc) is 2.38. The molecule has 0 atom stereocenters. The van der Waals surface area contributed by atoms with E-state index in [0.29, 0.717) is 10.7 Å². The summed E-state index contributed by atoms with van der Waals surface area (Å²) in [5.41, 5.74) is 9.65. The highest BCUT2D eigenvalue weighted by molar-refractivity contribution is 7.80. The van der Waals surface area contributed by atoms with Gasteiger partial charge in [-0.1, -0.05) is 36.5 Å². The van der Waals surface area contributed by atoms with E-state index in [4.69, 9.17) is 18.0 Å². The van der Waals surface area contributed by atoms with Crippen LogP contribution in [0.15, 0.2) is 42.6 Å². The fourth-order valence-corrected chi connectivity index (χ4v) is 1.91. The molecule has 1 aromatic carbocycles. The third-order valence-electron chi connectivity index (χ3n) is 2.77. The molecule has 3 nitrogen and oxygen atoms in total. The van der Waals surface area contributed by atoms with E-state index in [9.17, 15) is 0 Å². The van der Waals surface area contributed by atoms with Crippen LogP contribution < -0.4 is 11.1 Å². The van der Waals surface area contributed by atoms with Crippen molar-refractivity contribution in [1.82, 2.24) is 4.98 Å². The number of aromatic nitrogens is 1. The largest absolute Gasteiger partial charge is 0.388 e. The minimum Gasteiger partial charge on any atom is -0.388 e. The molecular formula is C14H15N3S. The van der Waals surface area contributed by atoms with Crippen LogP contribution in [0, 0.1) is 6.92 Å². The molecule has 4 heteroatoms. The van der Waals surface area contributed by atoms with Crippen molar-refractivity contribution in [3.05, 3.63) is 59.4 Å². The zero-order chi connectivity index (χ0) is 13.0. The standard InChI is InChI=1S/C14H15N3S/c1-10-5-2-3-6-11(10)9-17-12-7-4-8-16-13(12)14(15)18/h2-8,17H,9H2,1H3,(H2,15,18). The van der Waals surface area contributed by atoms with E-state index in [2.05, 4.69) is 29.4 Å². The Morgan fingerprint density at radius 3 is 2.78 bits per heavy atom. The SMILES string of the molecule is Cc1ccccc1CNc1cccnc1C(N)=S. The van der Waals surface area contributed by atoms with Crippen molar-refractivity contribution < 1.29 is 0 Å². The molecule has 2 rings (SSSR count). The van der Waals surface area contributed by atoms with E-state index in [1.165, 1.54) is 11.1 Å². The Morgan fingerprint density at radius 1 is 1.28 bits per heavy atom. The van der Waals surface area contributed by atoms with Crippen molar-refractivity contribution in [1.29, 1.82) is 0 Å². The normalized spacial score (nSPS) is 10.1. The van der Waals surface area contributed by atoms with E-state index < -0.39 is 0 Å². The van der Waals surface area contributed by atoms with E-state index in [-0.39, 0.29) is 0 Å². The van der Waals surface area contributed by atoms with Gasteiger partial charge in [0.1, 0.15) is 10.7 Å². The molecule has 0 aliphatic heterocycles. The van der Waals surface area contributed by atoms with E-state index in [1.807, 2.05) is 24.3 Å². The van der Waals surface area contributed by atoms with Crippen LogP contribution in [0.5, 0.6) is 0 Å². The maximum atomic E-state index is 5.64. The lowest BCUT2D eigenvalue weighted by Gasteiger charge is -2.11. The number of rotatable bonds is 4. The van der Waals surface area contributed by atoms with Gasteiger partial charge in [-0.2, -0.15) is 0 Å². The first-order chi connectivity index (χ1) is 8.68. The van der Waals surface area contributed by atoms with Crippen LogP contribution in [0.1, 0.15) is 16.8 Å². The number of thiocarbonyl (C=S) groups is 1. The van der Waals surface area contributed by atoms with Gasteiger partial charge in [0.2, 0.25) is 0 Å². The van der Waals surface area contributed by atoms with Gasteiger partial charge in [0.05, 0.1) is 5.69 Å². The number of nitrogens with one attached hydrogen (secondary N) is 1. The molecule has 0 bridgehead atoms. The zero-order valence-corrected chi connectivity index (χ0v) is 11.0. The molecule has 0 fully saturated rings. The smallest absolute Gasteiger partial charge is 0.124 e. The summed E-state index contributed by atoms with van der Waals surface area (Å²) in [5, 5.41) is 3.32. The summed E-state index contributed by atoms with van der Waals surface area (Å²) in [6.07, 6.45) is 1.69. The van der Waals surface area contributed by atoms with Crippen molar-refractivity contribution in [3.63, 3.8) is 0 Å². The highest BCUT2D eigenvalue weighted by Gasteiger charge is 2.05. The van der Waals surface area contributed by atoms with E-state index in [0.717, 1.165) is 12.2 Å². The molecule has 0 spiro atoms. The van der Waals surface area contributed by atoms with Crippen molar-refractivity contribution in [3.8, 4) is 0 Å². The molecule has 0 radical (unpaired) electrons. The summed E-state index contributed by atoms with van der Waals surface area (Å²) in [6, 6.07) is 12.0. The number of aryl methyl sites for hydroxylation is 1. The van der Waals surface area contributed by atoms with Gasteiger partial charge in [-0.05, 0) is 30.2 Å². The maximum absolute atomic E-state index is 5.64. The Bertz CT molecular complexity index is 566. The molecule has 92 valence electrons. The zero-order valence-electron chi connectivity index (χ0n) is 10.2. The lowest BCUT2D eigenvalue weighted by atomic mass is 10.1. The summed E-state index contributed by atoms with van der Waals surface area (Å²) in [7, 11) is 0. The number of nitrogens with zero attached hydrogens (tertiary/aromatic N) is 1. The minimum absolute atomic E-state index is 0.308. The van der Waals surface area contributed by atoms with E-state index >= 15 is 0 Å². The fourth-order valence-electron chi connectivity index (χ4n) is 1.74. The molecule has 3 N–H and O–H groups in total. The number of pyridine rings is 1. The number of hydrogen-bond acceptors (Lipinski definition) is 3. The second-order valence-electron chi connectivity index (χ2n) is 4.04. The Kier molecular flexibility index (Phi) is 3.89. The number of hydrogen-bond donors (Lipinski definition) is 2. The molecule has 0 unspecified atom stereocenters. The van der Waals surface area contributed by atoms with Crippen molar-refractivity contribution in [2.24, 2.45) is 5.73 Å². The predicted molar refractivity (Wildman–Crippen MR) is 78.6 cm³/mol. The summed E-state index contributed by atoms with van der Waals surface area (Å²) < 4.78 is 0. The molecule has 0 aliphatic rings. The predicted octanol–water partition coefficient (Wildman–Crippen LogP) is 2.64. The first-order valence-corrected chi connectivity index (χ1v) is 6.12. The Balaban J connectivity index is 2.16. The second kappa shape index (κ2) is 5.60. The fraction of sp³-hybridized carbons (Fsp3) is 0.143. The minimum atomic E-state index is 0.308. The highest BCUT2D eigenvalue weighted by atomic mass is 32.1. The topological polar surface area (TPSA) is 50.9 Å². The van der Waals surface area contributed by atoms with Crippen LogP contribution in [0.2, 0.25) is 0 Å². The van der Waals surface area contributed by atoms with Crippen LogP contribution >= 0.6 is 12.2 Å². The lowest BCUT2D eigenvalue weighted by Crippen LogP contribution is -2.15. The van der Waals surface area contributed by atoms with Gasteiger partial charge in [0.15, 0.2) is 0 Å². The molecule has 0 aliphatic carbocycles. The Hall–Kier alpha value is -1.94. The number of anilines is 1. The quantitative estimate of drug-likeness (QED) is 0.827. The highest BCUT2D eigenvalue weighted by Crippen LogP contribution is 2.15. The van der Waals surface area contributed by atoms with Gasteiger partial charge in [0, 0.05) is 12.7 Å². The molecule has 18 heavy (non-hydrogen) atoms. The van der Waals surface area contributed by atoms with Crippen LogP contribution in [0.4, 0.5) is 5.69 Å². The van der Waals surface area contributed by atoms with E-state index in [1.54, 1.807) is 6.20 Å². The Labute approximate surface area is 112 Å². The number of nitrogens with two attached hydrogens (primary N) is 1. The molecule has 0 amide bonds. The first-order valence-electron chi connectivity index (χ1n) is 5.71. The monoisotopic (exact) mass is 257 g/mol. The van der Waals surface area contributed by atoms with Crippen LogP contribution in [-0.4, -0.2) is 9.97 Å². The summed E-state index contributed by atoms with van der Waals surface area (Å²) in [6.45, 7) is 2.82. The van der Waals surface area contributed by atoms with Crippen molar-refractivity contribution in [2.45, 2.75) is 13.5 Å². The van der Waals surface area contributed by atoms with Crippen LogP contribution in [0.25, 0.3) is 0 Å². The second-order valence-corrected chi connectivity index (χ2v) is 4.48. The average molecular weight is 257 g/mol.